The van der Waals surface area contributed by atoms with Crippen LogP contribution in [0.1, 0.15) is 18.9 Å². The van der Waals surface area contributed by atoms with Gasteiger partial charge in [-0.05, 0) is 43.2 Å². The van der Waals surface area contributed by atoms with Crippen LogP contribution in [0.15, 0.2) is 65.2 Å². The summed E-state index contributed by atoms with van der Waals surface area (Å²) >= 11 is 0. The van der Waals surface area contributed by atoms with Crippen LogP contribution in [0.3, 0.4) is 0 Å². The number of rotatable bonds is 6. The van der Waals surface area contributed by atoms with E-state index < -0.39 is 10.0 Å². The van der Waals surface area contributed by atoms with Crippen molar-refractivity contribution in [3.63, 3.8) is 0 Å². The van der Waals surface area contributed by atoms with Crippen molar-refractivity contribution in [2.45, 2.75) is 13.3 Å². The largest absolute Gasteiger partial charge is 0.369 e. The topological polar surface area (TPSA) is 65.0 Å². The summed E-state index contributed by atoms with van der Waals surface area (Å²) in [5.41, 5.74) is 2.40. The van der Waals surface area contributed by atoms with Gasteiger partial charge in [-0.2, -0.15) is 0 Å². The van der Waals surface area contributed by atoms with Gasteiger partial charge < -0.3 is 4.90 Å². The highest BCUT2D eigenvalue weighted by atomic mass is 32.2. The van der Waals surface area contributed by atoms with E-state index in [1.807, 2.05) is 30.3 Å². The molecule has 2 heterocycles. The van der Waals surface area contributed by atoms with E-state index in [4.69, 9.17) is 0 Å². The zero-order valence-electron chi connectivity index (χ0n) is 17.6. The third-order valence-electron chi connectivity index (χ3n) is 5.70. The Bertz CT molecular complexity index is 1070. The van der Waals surface area contributed by atoms with E-state index in [0.717, 1.165) is 44.8 Å². The molecule has 2 aromatic carbocycles. The highest BCUT2D eigenvalue weighted by Gasteiger charge is 2.32. The Kier molecular flexibility index (Phi) is 6.38. The molecule has 0 spiro atoms. The molecule has 31 heavy (non-hydrogen) atoms. The van der Waals surface area contributed by atoms with Gasteiger partial charge in [0.2, 0.25) is 0 Å². The number of benzene rings is 2. The molecule has 2 aromatic rings. The van der Waals surface area contributed by atoms with Gasteiger partial charge in [0.15, 0.2) is 0 Å². The summed E-state index contributed by atoms with van der Waals surface area (Å²) in [5, 5.41) is 0. The number of piperazine rings is 1. The van der Waals surface area contributed by atoms with Gasteiger partial charge in [-0.3, -0.25) is 14.6 Å². The summed E-state index contributed by atoms with van der Waals surface area (Å²) in [6.45, 7) is 6.97. The van der Waals surface area contributed by atoms with Gasteiger partial charge in [-0.1, -0.05) is 30.3 Å². The Morgan fingerprint density at radius 2 is 1.68 bits per heavy atom. The Hall–Kier alpha value is -2.71. The van der Waals surface area contributed by atoms with E-state index in [1.165, 1.54) is 12.1 Å². The van der Waals surface area contributed by atoms with Crippen LogP contribution in [0, 0.1) is 5.82 Å². The maximum Gasteiger partial charge on any atom is 0.264 e. The van der Waals surface area contributed by atoms with Crippen LogP contribution >= 0.6 is 0 Å². The van der Waals surface area contributed by atoms with Crippen LogP contribution in [0.25, 0.3) is 4.91 Å². The molecule has 6 nitrogen and oxygen atoms in total. The molecule has 4 rings (SSSR count). The Morgan fingerprint density at radius 3 is 2.35 bits per heavy atom. The average molecular weight is 443 g/mol. The first-order valence-electron chi connectivity index (χ1n) is 10.5. The summed E-state index contributed by atoms with van der Waals surface area (Å²) in [4.78, 5) is 9.49. The van der Waals surface area contributed by atoms with Gasteiger partial charge in [0.25, 0.3) is 10.0 Å². The van der Waals surface area contributed by atoms with Crippen molar-refractivity contribution < 1.29 is 12.8 Å². The lowest BCUT2D eigenvalue weighted by Gasteiger charge is -2.36. The van der Waals surface area contributed by atoms with Gasteiger partial charge in [0.05, 0.1) is 0 Å². The lowest BCUT2D eigenvalue weighted by molar-refractivity contribution is 0.256. The molecule has 0 aromatic heterocycles. The van der Waals surface area contributed by atoms with Crippen LogP contribution in [0.2, 0.25) is 0 Å². The predicted octanol–water partition coefficient (Wildman–Crippen LogP) is 3.10. The van der Waals surface area contributed by atoms with Crippen LogP contribution in [0.5, 0.6) is 0 Å². The number of hydrogen-bond acceptors (Lipinski definition) is 5. The normalized spacial score (nSPS) is 20.3. The number of anilines is 1. The second-order valence-electron chi connectivity index (χ2n) is 7.81. The Morgan fingerprint density at radius 1 is 1.00 bits per heavy atom. The lowest BCUT2D eigenvalue weighted by Crippen LogP contribution is -2.46. The van der Waals surface area contributed by atoms with Crippen molar-refractivity contribution in [1.29, 1.82) is 0 Å². The van der Waals surface area contributed by atoms with Crippen LogP contribution in [-0.4, -0.2) is 58.4 Å². The van der Waals surface area contributed by atoms with Crippen molar-refractivity contribution in [3.05, 3.63) is 71.6 Å². The molecule has 2 aliphatic heterocycles. The first-order chi connectivity index (χ1) is 14.9. The number of nitrogens with zero attached hydrogens (tertiary/aromatic N) is 3. The average Bonchev–Trinajstić information content (AvgIpc) is 3.00. The minimum atomic E-state index is -3.57. The molecule has 0 unspecified atom stereocenters. The molecule has 0 bridgehead atoms. The van der Waals surface area contributed by atoms with E-state index in [2.05, 4.69) is 19.5 Å². The highest BCUT2D eigenvalue weighted by Crippen LogP contribution is 2.29. The lowest BCUT2D eigenvalue weighted by atomic mass is 10.1. The van der Waals surface area contributed by atoms with Crippen molar-refractivity contribution >= 4 is 26.5 Å². The third-order valence-corrected chi connectivity index (χ3v) is 7.24. The molecule has 8 heteroatoms. The molecule has 0 amide bonds. The fraction of sp³-hybridized carbons (Fsp3) is 0.348. The standard InChI is InChI=1S/C23H27FN4O2S/c1-18-22(19-6-3-2-4-7-19)31(29,30)26-23(18)25-12-5-13-27-14-16-28(17-15-27)21-10-8-20(24)9-11-21/h2-4,6-11H,5,12-17H2,1H3,(H,25,26). The molecule has 1 N–H and O–H groups in total. The van der Waals surface area contributed by atoms with E-state index in [1.54, 1.807) is 19.1 Å². The maximum atomic E-state index is 13.1. The van der Waals surface area contributed by atoms with Gasteiger partial charge in [0, 0.05) is 50.5 Å². The first-order valence-corrected chi connectivity index (χ1v) is 12.0. The summed E-state index contributed by atoms with van der Waals surface area (Å²) in [6.07, 6.45) is 0.857. The minimum absolute atomic E-state index is 0.213. The number of aliphatic imine (C=N–C) groups is 1. The monoisotopic (exact) mass is 442 g/mol. The third kappa shape index (κ3) is 4.97. The molecule has 1 saturated heterocycles. The van der Waals surface area contributed by atoms with Gasteiger partial charge >= 0.3 is 0 Å². The Labute approximate surface area is 183 Å². The molecular formula is C23H27FN4O2S. The van der Waals surface area contributed by atoms with Crippen molar-refractivity contribution in [3.8, 4) is 0 Å². The maximum absolute atomic E-state index is 13.1. The number of halogens is 1. The Balaban J connectivity index is 1.29. The molecular weight excluding hydrogens is 415 g/mol. The zero-order chi connectivity index (χ0) is 21.8. The smallest absolute Gasteiger partial charge is 0.264 e. The highest BCUT2D eigenvalue weighted by molar-refractivity contribution is 8.00. The fourth-order valence-corrected chi connectivity index (χ4v) is 5.56. The fourth-order valence-electron chi connectivity index (χ4n) is 4.04. The van der Waals surface area contributed by atoms with Crippen LogP contribution in [-0.2, 0) is 10.0 Å². The number of amidine groups is 1. The summed E-state index contributed by atoms with van der Waals surface area (Å²) in [7, 11) is -3.57. The first kappa shape index (κ1) is 21.5. The summed E-state index contributed by atoms with van der Waals surface area (Å²) in [5.74, 6) is 0.231. The van der Waals surface area contributed by atoms with Crippen molar-refractivity contribution in [1.82, 2.24) is 9.62 Å². The quantitative estimate of drug-likeness (QED) is 0.699. The molecule has 0 aliphatic carbocycles. The summed E-state index contributed by atoms with van der Waals surface area (Å²) < 4.78 is 40.8. The molecule has 0 saturated carbocycles. The number of sulfonamides is 1. The van der Waals surface area contributed by atoms with Crippen LogP contribution in [0.4, 0.5) is 10.1 Å². The SMILES string of the molecule is CC1=C(c2ccccc2)S(=O)(=O)NC1=NCCCN1CCN(c2ccc(F)cc2)CC1. The second-order valence-corrected chi connectivity index (χ2v) is 9.43. The summed E-state index contributed by atoms with van der Waals surface area (Å²) in [6, 6.07) is 15.8. The van der Waals surface area contributed by atoms with Crippen molar-refractivity contribution in [2.24, 2.45) is 4.99 Å². The van der Waals surface area contributed by atoms with E-state index >= 15 is 0 Å². The van der Waals surface area contributed by atoms with Gasteiger partial charge in [0.1, 0.15) is 16.6 Å². The second kappa shape index (κ2) is 9.20. The molecule has 164 valence electrons. The van der Waals surface area contributed by atoms with E-state index in [-0.39, 0.29) is 5.82 Å². The minimum Gasteiger partial charge on any atom is -0.369 e. The molecule has 1 fully saturated rings. The van der Waals surface area contributed by atoms with E-state index in [9.17, 15) is 12.8 Å². The predicted molar refractivity (Wildman–Crippen MR) is 123 cm³/mol. The van der Waals surface area contributed by atoms with Crippen LogP contribution < -0.4 is 9.62 Å². The number of hydrogen-bond donors (Lipinski definition) is 1. The number of nitrogens with one attached hydrogen (secondary N) is 1. The van der Waals surface area contributed by atoms with Gasteiger partial charge in [-0.15, -0.1) is 0 Å². The molecule has 0 radical (unpaired) electrons. The van der Waals surface area contributed by atoms with Crippen molar-refractivity contribution in [2.75, 3.05) is 44.2 Å². The van der Waals surface area contributed by atoms with Gasteiger partial charge in [-0.25, -0.2) is 12.8 Å². The molecule has 2 aliphatic rings. The molecule has 0 atom stereocenters. The van der Waals surface area contributed by atoms with E-state index in [0.29, 0.717) is 28.4 Å². The zero-order valence-corrected chi connectivity index (χ0v) is 18.4.